The molecule has 0 radical (unpaired) electrons. The Bertz CT molecular complexity index is 556. The Morgan fingerprint density at radius 2 is 2.14 bits per heavy atom. The maximum Gasteiger partial charge on any atom is 0.246 e. The number of anilines is 1. The van der Waals surface area contributed by atoms with Crippen LogP contribution in [0.15, 0.2) is 24.3 Å². The number of hydrogen-bond acceptors (Lipinski definition) is 5. The average Bonchev–Trinajstić information content (AvgIpc) is 2.98. The lowest BCUT2D eigenvalue weighted by atomic mass is 9.88. The number of benzene rings is 1. The molecule has 0 aromatic heterocycles. The SMILES string of the molecule is Cl.O=C(C1NNC2CCNCC21)N1CCOc2ccccc21. The van der Waals surface area contributed by atoms with Gasteiger partial charge in [0.2, 0.25) is 5.91 Å². The van der Waals surface area contributed by atoms with Crippen molar-refractivity contribution in [1.82, 2.24) is 16.2 Å². The van der Waals surface area contributed by atoms with Crippen molar-refractivity contribution in [1.29, 1.82) is 0 Å². The van der Waals surface area contributed by atoms with E-state index in [4.69, 9.17) is 4.74 Å². The third kappa shape index (κ3) is 2.56. The van der Waals surface area contributed by atoms with Crippen LogP contribution in [0, 0.1) is 5.92 Å². The summed E-state index contributed by atoms with van der Waals surface area (Å²) in [4.78, 5) is 14.8. The van der Waals surface area contributed by atoms with Crippen molar-refractivity contribution in [2.75, 3.05) is 31.1 Å². The predicted molar refractivity (Wildman–Crippen MR) is 86.4 cm³/mol. The first-order valence-corrected chi connectivity index (χ1v) is 7.59. The number of para-hydroxylation sites is 2. The summed E-state index contributed by atoms with van der Waals surface area (Å²) in [6, 6.07) is 7.96. The number of nitrogens with zero attached hydrogens (tertiary/aromatic N) is 1. The molecule has 7 heteroatoms. The number of carbonyl (C=O) groups excluding carboxylic acids is 1. The molecule has 3 heterocycles. The minimum Gasteiger partial charge on any atom is -0.490 e. The smallest absolute Gasteiger partial charge is 0.246 e. The van der Waals surface area contributed by atoms with Crippen LogP contribution in [0.1, 0.15) is 6.42 Å². The first-order valence-electron chi connectivity index (χ1n) is 7.59. The largest absolute Gasteiger partial charge is 0.490 e. The normalized spacial score (nSPS) is 29.8. The number of amides is 1. The molecule has 120 valence electrons. The number of halogens is 1. The first-order chi connectivity index (χ1) is 10.3. The fourth-order valence-corrected chi connectivity index (χ4v) is 3.53. The molecule has 0 aliphatic carbocycles. The third-order valence-corrected chi connectivity index (χ3v) is 4.64. The number of rotatable bonds is 1. The molecule has 3 aliphatic rings. The molecule has 0 saturated carbocycles. The number of hydrogen-bond donors (Lipinski definition) is 3. The fraction of sp³-hybridized carbons (Fsp3) is 0.533. The molecule has 3 atom stereocenters. The van der Waals surface area contributed by atoms with E-state index < -0.39 is 0 Å². The minimum atomic E-state index is -0.172. The molecule has 1 aromatic rings. The summed E-state index contributed by atoms with van der Waals surface area (Å²) in [5.74, 6) is 1.23. The summed E-state index contributed by atoms with van der Waals surface area (Å²) in [5.41, 5.74) is 7.37. The molecular weight excluding hydrogens is 304 g/mol. The molecule has 22 heavy (non-hydrogen) atoms. The van der Waals surface area contributed by atoms with Crippen molar-refractivity contribution in [2.45, 2.75) is 18.5 Å². The third-order valence-electron chi connectivity index (χ3n) is 4.64. The van der Waals surface area contributed by atoms with E-state index in [1.807, 2.05) is 29.2 Å². The minimum absolute atomic E-state index is 0. The highest BCUT2D eigenvalue weighted by molar-refractivity contribution is 5.99. The van der Waals surface area contributed by atoms with E-state index >= 15 is 0 Å². The second-order valence-corrected chi connectivity index (χ2v) is 5.84. The molecule has 1 aromatic carbocycles. The zero-order chi connectivity index (χ0) is 14.2. The van der Waals surface area contributed by atoms with Crippen LogP contribution in [-0.4, -0.2) is 44.2 Å². The Morgan fingerprint density at radius 1 is 1.27 bits per heavy atom. The summed E-state index contributed by atoms with van der Waals surface area (Å²) < 4.78 is 5.63. The molecule has 0 bridgehead atoms. The van der Waals surface area contributed by atoms with E-state index in [-0.39, 0.29) is 24.4 Å². The van der Waals surface area contributed by atoms with E-state index in [1.54, 1.807) is 0 Å². The summed E-state index contributed by atoms with van der Waals surface area (Å²) in [7, 11) is 0. The second kappa shape index (κ2) is 6.42. The van der Waals surface area contributed by atoms with Crippen molar-refractivity contribution in [3.8, 4) is 5.75 Å². The van der Waals surface area contributed by atoms with Gasteiger partial charge in [-0.2, -0.15) is 0 Å². The summed E-state index contributed by atoms with van der Waals surface area (Å²) in [6.45, 7) is 3.05. The van der Waals surface area contributed by atoms with Crippen molar-refractivity contribution >= 4 is 24.0 Å². The van der Waals surface area contributed by atoms with Crippen LogP contribution < -0.4 is 25.8 Å². The molecule has 2 saturated heterocycles. The highest BCUT2D eigenvalue weighted by Crippen LogP contribution is 2.32. The summed E-state index contributed by atoms with van der Waals surface area (Å²) >= 11 is 0. The highest BCUT2D eigenvalue weighted by atomic mass is 35.5. The van der Waals surface area contributed by atoms with Crippen LogP contribution in [0.4, 0.5) is 5.69 Å². The number of hydrazine groups is 1. The maximum atomic E-state index is 13.0. The molecule has 2 fully saturated rings. The quantitative estimate of drug-likeness (QED) is 0.693. The second-order valence-electron chi connectivity index (χ2n) is 5.84. The van der Waals surface area contributed by atoms with Gasteiger partial charge in [-0.05, 0) is 25.1 Å². The Labute approximate surface area is 136 Å². The van der Waals surface area contributed by atoms with E-state index in [2.05, 4.69) is 16.2 Å². The number of carbonyl (C=O) groups is 1. The summed E-state index contributed by atoms with van der Waals surface area (Å²) in [5, 5.41) is 3.39. The Hall–Kier alpha value is -1.34. The average molecular weight is 325 g/mol. The van der Waals surface area contributed by atoms with Gasteiger partial charge in [0.05, 0.1) is 12.2 Å². The molecule has 0 spiro atoms. The zero-order valence-corrected chi connectivity index (χ0v) is 13.1. The lowest BCUT2D eigenvalue weighted by molar-refractivity contribution is -0.121. The molecule has 6 nitrogen and oxygen atoms in total. The molecule has 3 N–H and O–H groups in total. The molecule has 1 amide bonds. The van der Waals surface area contributed by atoms with E-state index in [1.165, 1.54) is 0 Å². The fourth-order valence-electron chi connectivity index (χ4n) is 3.53. The van der Waals surface area contributed by atoms with E-state index in [9.17, 15) is 4.79 Å². The highest BCUT2D eigenvalue weighted by Gasteiger charge is 2.43. The van der Waals surface area contributed by atoms with Gasteiger partial charge >= 0.3 is 0 Å². The van der Waals surface area contributed by atoms with Gasteiger partial charge in [0.25, 0.3) is 0 Å². The lowest BCUT2D eigenvalue weighted by Gasteiger charge is -2.34. The zero-order valence-electron chi connectivity index (χ0n) is 12.2. The van der Waals surface area contributed by atoms with Crippen LogP contribution >= 0.6 is 12.4 Å². The maximum absolute atomic E-state index is 13.0. The van der Waals surface area contributed by atoms with Crippen molar-refractivity contribution in [3.05, 3.63) is 24.3 Å². The standard InChI is InChI=1S/C15H20N4O2.ClH/c20-15(14-10-9-16-6-5-11(10)17-18-14)19-7-8-21-13-4-2-1-3-12(13)19;/h1-4,10-11,14,16-18H,5-9H2;1H. The van der Waals surface area contributed by atoms with Gasteiger partial charge in [-0.1, -0.05) is 12.1 Å². The molecule has 3 unspecified atom stereocenters. The van der Waals surface area contributed by atoms with Crippen molar-refractivity contribution in [2.24, 2.45) is 5.92 Å². The van der Waals surface area contributed by atoms with Crippen LogP contribution in [0.25, 0.3) is 0 Å². The number of piperidine rings is 1. The van der Waals surface area contributed by atoms with Gasteiger partial charge in [0.15, 0.2) is 0 Å². The van der Waals surface area contributed by atoms with Crippen LogP contribution in [-0.2, 0) is 4.79 Å². The Kier molecular flexibility index (Phi) is 4.54. The van der Waals surface area contributed by atoms with Crippen LogP contribution in [0.5, 0.6) is 5.75 Å². The van der Waals surface area contributed by atoms with Gasteiger partial charge in [-0.15, -0.1) is 12.4 Å². The Balaban J connectivity index is 0.00000144. The van der Waals surface area contributed by atoms with Crippen LogP contribution in [0.2, 0.25) is 0 Å². The number of ether oxygens (including phenoxy) is 1. The summed E-state index contributed by atoms with van der Waals surface area (Å²) in [6.07, 6.45) is 1.06. The number of fused-ring (bicyclic) bond motifs is 2. The predicted octanol–water partition coefficient (Wildman–Crippen LogP) is 0.288. The van der Waals surface area contributed by atoms with Gasteiger partial charge in [0, 0.05) is 18.5 Å². The number of nitrogens with one attached hydrogen (secondary N) is 3. The first kappa shape index (κ1) is 15.6. The topological polar surface area (TPSA) is 65.6 Å². The van der Waals surface area contributed by atoms with Crippen molar-refractivity contribution in [3.63, 3.8) is 0 Å². The monoisotopic (exact) mass is 324 g/mol. The van der Waals surface area contributed by atoms with Gasteiger partial charge < -0.3 is 15.0 Å². The van der Waals surface area contributed by atoms with Gasteiger partial charge in [-0.3, -0.25) is 10.2 Å². The molecular formula is C15H21ClN4O2. The van der Waals surface area contributed by atoms with E-state index in [0.717, 1.165) is 30.9 Å². The van der Waals surface area contributed by atoms with Crippen molar-refractivity contribution < 1.29 is 9.53 Å². The molecule has 3 aliphatic heterocycles. The van der Waals surface area contributed by atoms with Crippen LogP contribution in [0.3, 0.4) is 0 Å². The van der Waals surface area contributed by atoms with E-state index in [0.29, 0.717) is 25.1 Å². The molecule has 4 rings (SSSR count). The lowest BCUT2D eigenvalue weighted by Crippen LogP contribution is -2.52. The van der Waals surface area contributed by atoms with Gasteiger partial charge in [0.1, 0.15) is 18.4 Å². The van der Waals surface area contributed by atoms with Gasteiger partial charge in [-0.25, -0.2) is 5.43 Å². The Morgan fingerprint density at radius 3 is 3.05 bits per heavy atom.